The second kappa shape index (κ2) is 7.02. The zero-order chi connectivity index (χ0) is 16.2. The first-order valence-electron chi connectivity index (χ1n) is 7.85. The first-order valence-corrected chi connectivity index (χ1v) is 8.23. The standard InChI is InChI=1S/C18H20ClN3O/c1-21-9-11-22(12-10-21)17-8-7-15(13-16(17)19)20-18(23)14-5-3-2-4-6-14/h2-8,13H,9-12H2,1H3,(H,20,23)/p+1. The molecule has 1 saturated heterocycles. The molecule has 3 rings (SSSR count). The largest absolute Gasteiger partial charge is 0.359 e. The quantitative estimate of drug-likeness (QED) is 0.902. The molecule has 2 N–H and O–H groups in total. The Bertz CT molecular complexity index is 682. The van der Waals surface area contributed by atoms with Crippen LogP contribution in [0.3, 0.4) is 0 Å². The molecular weight excluding hydrogens is 310 g/mol. The Hall–Kier alpha value is -2.04. The number of halogens is 1. The zero-order valence-corrected chi connectivity index (χ0v) is 13.9. The lowest BCUT2D eigenvalue weighted by atomic mass is 10.2. The molecule has 2 aromatic rings. The van der Waals surface area contributed by atoms with Crippen molar-refractivity contribution in [2.45, 2.75) is 0 Å². The van der Waals surface area contributed by atoms with Gasteiger partial charge in [0.15, 0.2) is 0 Å². The van der Waals surface area contributed by atoms with Crippen molar-refractivity contribution >= 4 is 28.9 Å². The van der Waals surface area contributed by atoms with E-state index in [-0.39, 0.29) is 5.91 Å². The Balaban J connectivity index is 1.71. The van der Waals surface area contributed by atoms with Crippen LogP contribution < -0.4 is 15.1 Å². The van der Waals surface area contributed by atoms with E-state index in [2.05, 4.69) is 17.3 Å². The number of piperazine rings is 1. The molecule has 1 aliphatic rings. The first-order chi connectivity index (χ1) is 11.1. The number of nitrogens with one attached hydrogen (secondary N) is 2. The van der Waals surface area contributed by atoms with Crippen LogP contribution in [0.1, 0.15) is 10.4 Å². The Morgan fingerprint density at radius 1 is 1.13 bits per heavy atom. The van der Waals surface area contributed by atoms with Crippen LogP contribution in [0.15, 0.2) is 48.5 Å². The Morgan fingerprint density at radius 3 is 2.48 bits per heavy atom. The number of carbonyl (C=O) groups excluding carboxylic acids is 1. The maximum absolute atomic E-state index is 12.2. The summed E-state index contributed by atoms with van der Waals surface area (Å²) in [5, 5.41) is 3.57. The minimum absolute atomic E-state index is 0.127. The van der Waals surface area contributed by atoms with Crippen LogP contribution in [0.25, 0.3) is 0 Å². The maximum Gasteiger partial charge on any atom is 0.255 e. The van der Waals surface area contributed by atoms with Gasteiger partial charge in [-0.1, -0.05) is 29.8 Å². The van der Waals surface area contributed by atoms with Gasteiger partial charge < -0.3 is 15.1 Å². The number of hydrogen-bond donors (Lipinski definition) is 2. The molecule has 0 radical (unpaired) electrons. The van der Waals surface area contributed by atoms with Crippen molar-refractivity contribution in [3.8, 4) is 0 Å². The van der Waals surface area contributed by atoms with E-state index >= 15 is 0 Å². The van der Waals surface area contributed by atoms with Gasteiger partial charge in [-0.2, -0.15) is 0 Å². The van der Waals surface area contributed by atoms with E-state index in [0.717, 1.165) is 31.9 Å². The van der Waals surface area contributed by atoms with Crippen molar-refractivity contribution < 1.29 is 9.69 Å². The van der Waals surface area contributed by atoms with Crippen molar-refractivity contribution in [3.63, 3.8) is 0 Å². The van der Waals surface area contributed by atoms with Crippen molar-refractivity contribution in [2.24, 2.45) is 0 Å². The van der Waals surface area contributed by atoms with Gasteiger partial charge in [0.05, 0.1) is 43.9 Å². The van der Waals surface area contributed by atoms with Crippen LogP contribution in [0.4, 0.5) is 11.4 Å². The number of quaternary nitrogens is 1. The molecule has 120 valence electrons. The number of rotatable bonds is 3. The van der Waals surface area contributed by atoms with Gasteiger partial charge in [0.2, 0.25) is 0 Å². The van der Waals surface area contributed by atoms with Crippen molar-refractivity contribution in [3.05, 3.63) is 59.1 Å². The molecule has 0 atom stereocenters. The molecule has 0 aliphatic carbocycles. The zero-order valence-electron chi connectivity index (χ0n) is 13.2. The van der Waals surface area contributed by atoms with Crippen molar-refractivity contribution in [1.82, 2.24) is 0 Å². The predicted molar refractivity (Wildman–Crippen MR) is 94.7 cm³/mol. The van der Waals surface area contributed by atoms with E-state index in [9.17, 15) is 4.79 Å². The second-order valence-electron chi connectivity index (χ2n) is 5.93. The summed E-state index contributed by atoms with van der Waals surface area (Å²) in [6.45, 7) is 4.23. The van der Waals surface area contributed by atoms with Crippen LogP contribution >= 0.6 is 11.6 Å². The molecule has 4 nitrogen and oxygen atoms in total. The SMILES string of the molecule is C[NH+]1CCN(c2ccc(NC(=O)c3ccccc3)cc2Cl)CC1. The fraction of sp³-hybridized carbons (Fsp3) is 0.278. The highest BCUT2D eigenvalue weighted by Crippen LogP contribution is 2.29. The van der Waals surface area contributed by atoms with Gasteiger partial charge in [-0.15, -0.1) is 0 Å². The minimum atomic E-state index is -0.127. The third kappa shape index (κ3) is 3.84. The van der Waals surface area contributed by atoms with Crippen molar-refractivity contribution in [1.29, 1.82) is 0 Å². The molecule has 2 aromatic carbocycles. The van der Waals surface area contributed by atoms with E-state index in [0.29, 0.717) is 16.3 Å². The third-order valence-electron chi connectivity index (χ3n) is 4.20. The fourth-order valence-corrected chi connectivity index (χ4v) is 3.06. The smallest absolute Gasteiger partial charge is 0.255 e. The number of anilines is 2. The van der Waals surface area contributed by atoms with Gasteiger partial charge in [-0.3, -0.25) is 4.79 Å². The molecule has 0 saturated carbocycles. The molecule has 23 heavy (non-hydrogen) atoms. The molecule has 1 heterocycles. The average Bonchev–Trinajstić information content (AvgIpc) is 2.57. The molecule has 1 amide bonds. The van der Waals surface area contributed by atoms with Crippen molar-refractivity contribution in [2.75, 3.05) is 43.4 Å². The first kappa shape index (κ1) is 15.8. The van der Waals surface area contributed by atoms with Crippen LogP contribution in [-0.2, 0) is 0 Å². The number of hydrogen-bond acceptors (Lipinski definition) is 2. The third-order valence-corrected chi connectivity index (χ3v) is 4.50. The summed E-state index contributed by atoms with van der Waals surface area (Å²) in [4.78, 5) is 16.0. The van der Waals surface area contributed by atoms with E-state index in [1.165, 1.54) is 0 Å². The second-order valence-corrected chi connectivity index (χ2v) is 6.34. The molecule has 5 heteroatoms. The molecule has 1 fully saturated rings. The normalized spacial score (nSPS) is 15.5. The minimum Gasteiger partial charge on any atom is -0.359 e. The van der Waals surface area contributed by atoms with E-state index < -0.39 is 0 Å². The molecular formula is C18H21ClN3O+. The molecule has 0 spiro atoms. The summed E-state index contributed by atoms with van der Waals surface area (Å²) in [7, 11) is 2.21. The predicted octanol–water partition coefficient (Wildman–Crippen LogP) is 1.93. The van der Waals surface area contributed by atoms with Crippen LogP contribution in [0.2, 0.25) is 5.02 Å². The van der Waals surface area contributed by atoms with Crippen LogP contribution in [0.5, 0.6) is 0 Å². The van der Waals surface area contributed by atoms with Gasteiger partial charge in [-0.05, 0) is 30.3 Å². The number of likely N-dealkylation sites (N-methyl/N-ethyl adjacent to an activating group) is 1. The molecule has 1 aliphatic heterocycles. The number of nitrogens with zero attached hydrogens (tertiary/aromatic N) is 1. The highest BCUT2D eigenvalue weighted by atomic mass is 35.5. The number of benzene rings is 2. The maximum atomic E-state index is 12.2. The summed E-state index contributed by atoms with van der Waals surface area (Å²) in [6, 6.07) is 14.9. The summed E-state index contributed by atoms with van der Waals surface area (Å²) < 4.78 is 0. The van der Waals surface area contributed by atoms with E-state index in [1.807, 2.05) is 36.4 Å². The fourth-order valence-electron chi connectivity index (χ4n) is 2.76. The Morgan fingerprint density at radius 2 is 1.83 bits per heavy atom. The number of carbonyl (C=O) groups is 1. The van der Waals surface area contributed by atoms with Gasteiger partial charge in [-0.25, -0.2) is 0 Å². The highest BCUT2D eigenvalue weighted by molar-refractivity contribution is 6.33. The highest BCUT2D eigenvalue weighted by Gasteiger charge is 2.19. The van der Waals surface area contributed by atoms with Gasteiger partial charge in [0.1, 0.15) is 0 Å². The summed E-state index contributed by atoms with van der Waals surface area (Å²) in [5.41, 5.74) is 2.39. The number of amides is 1. The Labute approximate surface area is 141 Å². The van der Waals surface area contributed by atoms with Crippen LogP contribution in [0, 0.1) is 0 Å². The molecule has 0 aromatic heterocycles. The summed E-state index contributed by atoms with van der Waals surface area (Å²) in [5.74, 6) is -0.127. The summed E-state index contributed by atoms with van der Waals surface area (Å²) in [6.07, 6.45) is 0. The van der Waals surface area contributed by atoms with E-state index in [1.54, 1.807) is 17.0 Å². The van der Waals surface area contributed by atoms with Crippen LogP contribution in [-0.4, -0.2) is 39.1 Å². The lowest BCUT2D eigenvalue weighted by Gasteiger charge is -2.32. The molecule has 0 bridgehead atoms. The monoisotopic (exact) mass is 330 g/mol. The van der Waals surface area contributed by atoms with Gasteiger partial charge >= 0.3 is 0 Å². The summed E-state index contributed by atoms with van der Waals surface area (Å²) >= 11 is 6.43. The van der Waals surface area contributed by atoms with Gasteiger partial charge in [0, 0.05) is 11.3 Å². The topological polar surface area (TPSA) is 36.8 Å². The molecule has 0 unspecified atom stereocenters. The van der Waals surface area contributed by atoms with E-state index in [4.69, 9.17) is 11.6 Å². The lowest BCUT2D eigenvalue weighted by Crippen LogP contribution is -3.12. The van der Waals surface area contributed by atoms with Gasteiger partial charge in [0.25, 0.3) is 5.91 Å². The Kier molecular flexibility index (Phi) is 4.84. The average molecular weight is 331 g/mol. The lowest BCUT2D eigenvalue weighted by molar-refractivity contribution is -0.880.